The maximum Gasteiger partial charge on any atom is 0.306 e. The summed E-state index contributed by atoms with van der Waals surface area (Å²) in [6, 6.07) is 0. The number of carbonyl (C=O) groups is 3. The van der Waals surface area contributed by atoms with Crippen molar-refractivity contribution < 1.29 is 28.6 Å². The van der Waals surface area contributed by atoms with Gasteiger partial charge in [0.05, 0.1) is 0 Å². The van der Waals surface area contributed by atoms with Crippen LogP contribution in [0.5, 0.6) is 0 Å². The minimum atomic E-state index is -0.755. The molecule has 0 unspecified atom stereocenters. The smallest absolute Gasteiger partial charge is 0.306 e. The average molecular weight is 639 g/mol. The van der Waals surface area contributed by atoms with Crippen LogP contribution in [0.4, 0.5) is 0 Å². The molecule has 6 nitrogen and oxygen atoms in total. The molecule has 0 radical (unpaired) electrons. The third-order valence-electron chi connectivity index (χ3n) is 8.54. The van der Waals surface area contributed by atoms with Gasteiger partial charge in [0.1, 0.15) is 13.2 Å². The molecule has 0 saturated carbocycles. The second-order valence-corrected chi connectivity index (χ2v) is 13.7. The number of carbonyl (C=O) groups excluding carboxylic acids is 3. The van der Waals surface area contributed by atoms with Crippen molar-refractivity contribution in [3.05, 3.63) is 0 Å². The molecule has 0 aromatic rings. The van der Waals surface area contributed by atoms with Crippen molar-refractivity contribution in [3.8, 4) is 0 Å². The minimum Gasteiger partial charge on any atom is -0.462 e. The quantitative estimate of drug-likeness (QED) is 0.0396. The molecule has 6 heteroatoms. The summed E-state index contributed by atoms with van der Waals surface area (Å²) in [4.78, 5) is 37.2. The van der Waals surface area contributed by atoms with Crippen molar-refractivity contribution in [2.45, 2.75) is 214 Å². The van der Waals surface area contributed by atoms with Crippen LogP contribution < -0.4 is 0 Å². The number of esters is 3. The minimum absolute atomic E-state index is 0.0665. The molecule has 0 amide bonds. The fraction of sp³-hybridized carbons (Fsp3) is 0.923. The van der Waals surface area contributed by atoms with E-state index in [9.17, 15) is 14.4 Å². The molecular weight excluding hydrogens is 564 g/mol. The van der Waals surface area contributed by atoms with E-state index in [0.717, 1.165) is 70.1 Å². The predicted molar refractivity (Wildman–Crippen MR) is 187 cm³/mol. The first kappa shape index (κ1) is 43.4. The first-order chi connectivity index (χ1) is 21.9. The summed E-state index contributed by atoms with van der Waals surface area (Å²) in [5.41, 5.74) is 0. The standard InChI is InChI=1S/C39H74O6/c1-5-7-9-11-12-13-16-19-23-26-30-37(40)43-33-36(45-39(42)32-28-21-10-8-6-2)34-44-38(41)31-27-24-20-17-14-15-18-22-25-29-35(3)4/h35-36H,5-34H2,1-4H3/t36-/m0/s1. The Hall–Kier alpha value is -1.59. The monoisotopic (exact) mass is 639 g/mol. The van der Waals surface area contributed by atoms with E-state index in [4.69, 9.17) is 14.2 Å². The Kier molecular flexibility index (Phi) is 32.6. The van der Waals surface area contributed by atoms with E-state index in [1.165, 1.54) is 96.3 Å². The van der Waals surface area contributed by atoms with Crippen molar-refractivity contribution in [1.29, 1.82) is 0 Å². The summed E-state index contributed by atoms with van der Waals surface area (Å²) in [6.45, 7) is 8.85. The zero-order valence-electron chi connectivity index (χ0n) is 30.3. The Labute approximate surface area is 278 Å². The van der Waals surface area contributed by atoms with Gasteiger partial charge in [-0.05, 0) is 25.2 Å². The molecule has 0 aliphatic heterocycles. The van der Waals surface area contributed by atoms with Crippen molar-refractivity contribution in [2.24, 2.45) is 5.92 Å². The second-order valence-electron chi connectivity index (χ2n) is 13.7. The van der Waals surface area contributed by atoms with E-state index in [1.54, 1.807) is 0 Å². The van der Waals surface area contributed by atoms with Crippen LogP contribution in [0.15, 0.2) is 0 Å². The van der Waals surface area contributed by atoms with Crippen molar-refractivity contribution >= 4 is 17.9 Å². The molecule has 0 aromatic heterocycles. The van der Waals surface area contributed by atoms with Gasteiger partial charge in [0.2, 0.25) is 0 Å². The largest absolute Gasteiger partial charge is 0.462 e. The van der Waals surface area contributed by atoms with Crippen LogP contribution in [0.2, 0.25) is 0 Å². The van der Waals surface area contributed by atoms with E-state index in [-0.39, 0.29) is 31.1 Å². The highest BCUT2D eigenvalue weighted by molar-refractivity contribution is 5.71. The first-order valence-corrected chi connectivity index (χ1v) is 19.4. The Morgan fingerprint density at radius 1 is 0.422 bits per heavy atom. The maximum absolute atomic E-state index is 12.4. The van der Waals surface area contributed by atoms with Crippen LogP contribution in [0, 0.1) is 5.92 Å². The van der Waals surface area contributed by atoms with Crippen molar-refractivity contribution in [3.63, 3.8) is 0 Å². The summed E-state index contributed by atoms with van der Waals surface area (Å²) in [7, 11) is 0. The maximum atomic E-state index is 12.4. The lowest BCUT2D eigenvalue weighted by atomic mass is 10.0. The van der Waals surface area contributed by atoms with E-state index in [1.807, 2.05) is 0 Å². The third kappa shape index (κ3) is 33.6. The first-order valence-electron chi connectivity index (χ1n) is 19.4. The molecule has 266 valence electrons. The summed E-state index contributed by atoms with van der Waals surface area (Å²) in [5.74, 6) is -0.0722. The Morgan fingerprint density at radius 2 is 0.733 bits per heavy atom. The van der Waals surface area contributed by atoms with E-state index >= 15 is 0 Å². The van der Waals surface area contributed by atoms with Crippen molar-refractivity contribution in [1.82, 2.24) is 0 Å². The van der Waals surface area contributed by atoms with Crippen molar-refractivity contribution in [2.75, 3.05) is 13.2 Å². The predicted octanol–water partition coefficient (Wildman–Crippen LogP) is 11.6. The molecule has 0 spiro atoms. The Bertz CT molecular complexity index is 676. The van der Waals surface area contributed by atoms with Crippen LogP contribution in [0.25, 0.3) is 0 Å². The van der Waals surface area contributed by atoms with Gasteiger partial charge in [0.15, 0.2) is 6.10 Å². The summed E-state index contributed by atoms with van der Waals surface area (Å²) in [6.07, 6.45) is 29.7. The van der Waals surface area contributed by atoms with E-state index < -0.39 is 6.10 Å². The topological polar surface area (TPSA) is 78.9 Å². The summed E-state index contributed by atoms with van der Waals surface area (Å²) < 4.78 is 16.5. The average Bonchev–Trinajstić information content (AvgIpc) is 3.01. The van der Waals surface area contributed by atoms with Gasteiger partial charge >= 0.3 is 17.9 Å². The van der Waals surface area contributed by atoms with Gasteiger partial charge < -0.3 is 14.2 Å². The highest BCUT2D eigenvalue weighted by atomic mass is 16.6. The van der Waals surface area contributed by atoms with Gasteiger partial charge in [-0.1, -0.05) is 169 Å². The van der Waals surface area contributed by atoms with Crippen LogP contribution in [0.3, 0.4) is 0 Å². The highest BCUT2D eigenvalue weighted by Crippen LogP contribution is 2.15. The van der Waals surface area contributed by atoms with Gasteiger partial charge in [-0.2, -0.15) is 0 Å². The zero-order valence-corrected chi connectivity index (χ0v) is 30.3. The Balaban J connectivity index is 4.23. The fourth-order valence-electron chi connectivity index (χ4n) is 5.57. The molecule has 0 bridgehead atoms. The number of hydrogen-bond acceptors (Lipinski definition) is 6. The lowest BCUT2D eigenvalue weighted by Crippen LogP contribution is -2.30. The number of ether oxygens (including phenoxy) is 3. The van der Waals surface area contributed by atoms with Gasteiger partial charge in [-0.25, -0.2) is 0 Å². The van der Waals surface area contributed by atoms with Gasteiger partial charge in [0.25, 0.3) is 0 Å². The Morgan fingerprint density at radius 3 is 1.09 bits per heavy atom. The second kappa shape index (κ2) is 33.8. The highest BCUT2D eigenvalue weighted by Gasteiger charge is 2.19. The number of unbranched alkanes of at least 4 members (excludes halogenated alkanes) is 21. The summed E-state index contributed by atoms with van der Waals surface area (Å²) >= 11 is 0. The van der Waals surface area contributed by atoms with E-state index in [2.05, 4.69) is 27.7 Å². The SMILES string of the molecule is CCCCCCCCCCCCC(=O)OC[C@@H](COC(=O)CCCCCCCCCCCC(C)C)OC(=O)CCCCCCC. The molecule has 0 aliphatic carbocycles. The van der Waals surface area contributed by atoms with Crippen LogP contribution >= 0.6 is 0 Å². The van der Waals surface area contributed by atoms with Gasteiger partial charge in [0, 0.05) is 19.3 Å². The van der Waals surface area contributed by atoms with Crippen LogP contribution in [0.1, 0.15) is 207 Å². The molecule has 0 aromatic carbocycles. The van der Waals surface area contributed by atoms with Gasteiger partial charge in [-0.3, -0.25) is 14.4 Å². The van der Waals surface area contributed by atoms with Crippen LogP contribution in [-0.2, 0) is 28.6 Å². The number of hydrogen-bond donors (Lipinski definition) is 0. The normalized spacial score (nSPS) is 11.9. The molecule has 0 saturated heterocycles. The van der Waals surface area contributed by atoms with E-state index in [0.29, 0.717) is 19.3 Å². The third-order valence-corrected chi connectivity index (χ3v) is 8.54. The molecular formula is C39H74O6. The lowest BCUT2D eigenvalue weighted by Gasteiger charge is -2.18. The fourth-order valence-corrected chi connectivity index (χ4v) is 5.57. The summed E-state index contributed by atoms with van der Waals surface area (Å²) in [5, 5.41) is 0. The molecule has 0 aliphatic rings. The number of rotatable bonds is 34. The molecule has 0 fully saturated rings. The molecule has 0 heterocycles. The molecule has 0 rings (SSSR count). The molecule has 0 N–H and O–H groups in total. The lowest BCUT2D eigenvalue weighted by molar-refractivity contribution is -0.167. The zero-order chi connectivity index (χ0) is 33.2. The van der Waals surface area contributed by atoms with Gasteiger partial charge in [-0.15, -0.1) is 0 Å². The molecule has 1 atom stereocenters. The molecule has 45 heavy (non-hydrogen) atoms. The van der Waals surface area contributed by atoms with Crippen LogP contribution in [-0.4, -0.2) is 37.2 Å².